The molecular formula is C21H24ClN5. The summed E-state index contributed by atoms with van der Waals surface area (Å²) in [5.74, 6) is 0.634. The van der Waals surface area contributed by atoms with E-state index in [4.69, 9.17) is 17.3 Å². The van der Waals surface area contributed by atoms with Crippen molar-refractivity contribution in [2.75, 3.05) is 12.8 Å². The molecule has 0 saturated heterocycles. The molecule has 0 aliphatic heterocycles. The summed E-state index contributed by atoms with van der Waals surface area (Å²) >= 11 is 6.23. The van der Waals surface area contributed by atoms with Gasteiger partial charge in [0.05, 0.1) is 16.9 Å². The molecule has 0 bridgehead atoms. The maximum atomic E-state index is 6.23. The Morgan fingerprint density at radius 3 is 2.74 bits per heavy atom. The lowest BCUT2D eigenvalue weighted by Gasteiger charge is -2.10. The van der Waals surface area contributed by atoms with E-state index in [0.29, 0.717) is 16.6 Å². The molecule has 2 aromatic heterocycles. The largest absolute Gasteiger partial charge is 0.398 e. The second-order valence-corrected chi connectivity index (χ2v) is 7.39. The maximum Gasteiger partial charge on any atom is 0.0783 e. The van der Waals surface area contributed by atoms with Crippen molar-refractivity contribution in [1.29, 1.82) is 0 Å². The van der Waals surface area contributed by atoms with Gasteiger partial charge in [0.1, 0.15) is 0 Å². The minimum atomic E-state index is 0.589. The molecule has 0 amide bonds. The van der Waals surface area contributed by atoms with Crippen LogP contribution in [0, 0.1) is 5.92 Å². The highest BCUT2D eigenvalue weighted by Gasteiger charge is 2.13. The Kier molecular flexibility index (Phi) is 5.91. The number of halogens is 1. The standard InChI is InChI=1S/C21H24ClN5/c1-14(2)6-7-27-13-17(11-26-27)19-9-18(22)12-25-21(19)15-4-5-16(10-24-3)20(23)8-15/h4-5,8-14H,6-7,23H2,1-3H3. The van der Waals surface area contributed by atoms with Crippen LogP contribution >= 0.6 is 11.6 Å². The highest BCUT2D eigenvalue weighted by Crippen LogP contribution is 2.33. The number of aliphatic imine (C=N–C) groups is 1. The fourth-order valence-electron chi connectivity index (χ4n) is 2.88. The Bertz CT molecular complexity index is 959. The average molecular weight is 382 g/mol. The predicted octanol–water partition coefficient (Wildman–Crippen LogP) is 4.94. The smallest absolute Gasteiger partial charge is 0.0783 e. The van der Waals surface area contributed by atoms with Gasteiger partial charge in [-0.2, -0.15) is 5.10 Å². The number of aryl methyl sites for hydroxylation is 1. The molecule has 3 aromatic rings. The van der Waals surface area contributed by atoms with Gasteiger partial charge in [-0.25, -0.2) is 0 Å². The van der Waals surface area contributed by atoms with Gasteiger partial charge in [0.25, 0.3) is 0 Å². The van der Waals surface area contributed by atoms with Gasteiger partial charge in [0, 0.05) is 60.1 Å². The normalized spacial score (nSPS) is 11.6. The summed E-state index contributed by atoms with van der Waals surface area (Å²) in [6, 6.07) is 7.78. The Labute approximate surface area is 164 Å². The van der Waals surface area contributed by atoms with Crippen LogP contribution in [-0.2, 0) is 6.54 Å². The molecule has 0 saturated carbocycles. The Hall–Kier alpha value is -2.66. The summed E-state index contributed by atoms with van der Waals surface area (Å²) in [4.78, 5) is 8.60. The molecule has 1 aromatic carbocycles. The highest BCUT2D eigenvalue weighted by molar-refractivity contribution is 6.30. The van der Waals surface area contributed by atoms with Crippen LogP contribution in [0.1, 0.15) is 25.8 Å². The van der Waals surface area contributed by atoms with E-state index in [-0.39, 0.29) is 0 Å². The second-order valence-electron chi connectivity index (χ2n) is 6.96. The first-order valence-corrected chi connectivity index (χ1v) is 9.36. The quantitative estimate of drug-likeness (QED) is 0.485. The van der Waals surface area contributed by atoms with Crippen LogP contribution in [0.5, 0.6) is 0 Å². The van der Waals surface area contributed by atoms with Crippen molar-refractivity contribution in [3.05, 3.63) is 53.4 Å². The zero-order chi connectivity index (χ0) is 19.4. The molecule has 6 heteroatoms. The summed E-state index contributed by atoms with van der Waals surface area (Å²) in [6.45, 7) is 5.31. The number of hydrogen-bond acceptors (Lipinski definition) is 4. The van der Waals surface area contributed by atoms with Crippen molar-refractivity contribution in [1.82, 2.24) is 14.8 Å². The number of rotatable bonds is 6. The number of nitrogen functional groups attached to an aromatic ring is 1. The van der Waals surface area contributed by atoms with E-state index in [0.717, 1.165) is 40.9 Å². The molecule has 0 unspecified atom stereocenters. The molecule has 2 N–H and O–H groups in total. The highest BCUT2D eigenvalue weighted by atomic mass is 35.5. The molecule has 0 radical (unpaired) electrons. The van der Waals surface area contributed by atoms with Crippen molar-refractivity contribution in [2.24, 2.45) is 10.9 Å². The van der Waals surface area contributed by atoms with Crippen LogP contribution in [0.2, 0.25) is 5.02 Å². The van der Waals surface area contributed by atoms with Crippen LogP contribution in [-0.4, -0.2) is 28.0 Å². The average Bonchev–Trinajstić information content (AvgIpc) is 3.11. The third-order valence-electron chi connectivity index (χ3n) is 4.36. The topological polar surface area (TPSA) is 69.1 Å². The van der Waals surface area contributed by atoms with Crippen molar-refractivity contribution in [3.8, 4) is 22.4 Å². The number of nitrogens with zero attached hydrogens (tertiary/aromatic N) is 4. The number of anilines is 1. The SMILES string of the molecule is CN=Cc1ccc(-c2ncc(Cl)cc2-c2cnn(CCC(C)C)c2)cc1N. The fraction of sp³-hybridized carbons (Fsp3) is 0.286. The number of hydrogen-bond donors (Lipinski definition) is 1. The summed E-state index contributed by atoms with van der Waals surface area (Å²) in [5, 5.41) is 5.08. The van der Waals surface area contributed by atoms with Gasteiger partial charge in [-0.3, -0.25) is 14.7 Å². The zero-order valence-electron chi connectivity index (χ0n) is 15.9. The molecule has 3 rings (SSSR count). The van der Waals surface area contributed by atoms with Crippen molar-refractivity contribution in [3.63, 3.8) is 0 Å². The summed E-state index contributed by atoms with van der Waals surface area (Å²) < 4.78 is 1.97. The van der Waals surface area contributed by atoms with E-state index >= 15 is 0 Å². The van der Waals surface area contributed by atoms with Gasteiger partial charge >= 0.3 is 0 Å². The maximum absolute atomic E-state index is 6.23. The van der Waals surface area contributed by atoms with E-state index in [1.807, 2.05) is 41.3 Å². The summed E-state index contributed by atoms with van der Waals surface area (Å²) in [5.41, 5.74) is 11.4. The van der Waals surface area contributed by atoms with Crippen LogP contribution in [0.15, 0.2) is 47.8 Å². The van der Waals surface area contributed by atoms with Gasteiger partial charge in [-0.1, -0.05) is 37.6 Å². The number of nitrogens with two attached hydrogens (primary N) is 1. The molecule has 27 heavy (non-hydrogen) atoms. The van der Waals surface area contributed by atoms with Crippen molar-refractivity contribution in [2.45, 2.75) is 26.8 Å². The number of pyridine rings is 1. The zero-order valence-corrected chi connectivity index (χ0v) is 16.6. The lowest BCUT2D eigenvalue weighted by Crippen LogP contribution is -2.01. The minimum absolute atomic E-state index is 0.589. The minimum Gasteiger partial charge on any atom is -0.398 e. The van der Waals surface area contributed by atoms with Crippen molar-refractivity contribution >= 4 is 23.5 Å². The van der Waals surface area contributed by atoms with E-state index in [2.05, 4.69) is 28.9 Å². The lowest BCUT2D eigenvalue weighted by molar-refractivity contribution is 0.487. The summed E-state index contributed by atoms with van der Waals surface area (Å²) in [7, 11) is 1.73. The molecule has 2 heterocycles. The summed E-state index contributed by atoms with van der Waals surface area (Å²) in [6.07, 6.45) is 8.38. The van der Waals surface area contributed by atoms with Gasteiger partial charge in [0.2, 0.25) is 0 Å². The Morgan fingerprint density at radius 2 is 2.04 bits per heavy atom. The van der Waals surface area contributed by atoms with E-state index in [1.54, 1.807) is 19.5 Å². The molecule has 0 aliphatic carbocycles. The van der Waals surface area contributed by atoms with Gasteiger partial charge < -0.3 is 5.73 Å². The van der Waals surface area contributed by atoms with Gasteiger partial charge in [-0.15, -0.1) is 0 Å². The third kappa shape index (κ3) is 4.55. The monoisotopic (exact) mass is 381 g/mol. The number of benzene rings is 1. The lowest BCUT2D eigenvalue weighted by atomic mass is 10.00. The fourth-order valence-corrected chi connectivity index (χ4v) is 3.04. The first kappa shape index (κ1) is 19.1. The van der Waals surface area contributed by atoms with Gasteiger partial charge in [0.15, 0.2) is 0 Å². The first-order chi connectivity index (χ1) is 13.0. The van der Waals surface area contributed by atoms with E-state index in [9.17, 15) is 0 Å². The van der Waals surface area contributed by atoms with Crippen LogP contribution in [0.4, 0.5) is 5.69 Å². The molecule has 0 spiro atoms. The molecule has 5 nitrogen and oxygen atoms in total. The van der Waals surface area contributed by atoms with E-state index in [1.165, 1.54) is 0 Å². The molecule has 0 fully saturated rings. The predicted molar refractivity (Wildman–Crippen MR) is 113 cm³/mol. The Morgan fingerprint density at radius 1 is 1.22 bits per heavy atom. The molecular weight excluding hydrogens is 358 g/mol. The molecule has 140 valence electrons. The van der Waals surface area contributed by atoms with Gasteiger partial charge in [-0.05, 0) is 24.5 Å². The van der Waals surface area contributed by atoms with Crippen LogP contribution in [0.3, 0.4) is 0 Å². The van der Waals surface area contributed by atoms with Crippen LogP contribution in [0.25, 0.3) is 22.4 Å². The third-order valence-corrected chi connectivity index (χ3v) is 4.57. The number of aromatic nitrogens is 3. The first-order valence-electron chi connectivity index (χ1n) is 8.98. The van der Waals surface area contributed by atoms with Crippen LogP contribution < -0.4 is 5.73 Å². The molecule has 0 atom stereocenters. The van der Waals surface area contributed by atoms with Crippen molar-refractivity contribution < 1.29 is 0 Å². The van der Waals surface area contributed by atoms with E-state index < -0.39 is 0 Å². The Balaban J connectivity index is 2.00. The molecule has 0 aliphatic rings. The second kappa shape index (κ2) is 8.35.